The average molecular weight is 833 g/mol. The number of carbonyl (C=O) groups is 8. The summed E-state index contributed by atoms with van der Waals surface area (Å²) in [6, 6.07) is 2.43. The van der Waals surface area contributed by atoms with Crippen LogP contribution in [0.4, 0.5) is 0 Å². The molecule has 6 N–H and O–H groups in total. The van der Waals surface area contributed by atoms with Gasteiger partial charge in [-0.1, -0.05) is 76.1 Å². The van der Waals surface area contributed by atoms with Gasteiger partial charge in [-0.25, -0.2) is 4.79 Å². The number of unbranched alkanes of at least 4 members (excludes halogenated alkanes) is 1. The van der Waals surface area contributed by atoms with Gasteiger partial charge in [-0.3, -0.25) is 33.6 Å². The Labute approximate surface area is 345 Å². The highest BCUT2D eigenvalue weighted by Gasteiger charge is 2.45. The van der Waals surface area contributed by atoms with Crippen molar-refractivity contribution in [3.63, 3.8) is 0 Å². The Hall–Kier alpha value is -4.57. The predicted molar refractivity (Wildman–Crippen MR) is 215 cm³/mol. The topological polar surface area (TPSA) is 232 Å². The predicted octanol–water partition coefficient (Wildman–Crippen LogP) is 2.41. The molecule has 3 unspecified atom stereocenters. The molecule has 1 aliphatic carbocycles. The fourth-order valence-corrected chi connectivity index (χ4v) is 7.43. The summed E-state index contributed by atoms with van der Waals surface area (Å²) in [4.78, 5) is 107. The molecule has 2 fully saturated rings. The van der Waals surface area contributed by atoms with E-state index in [0.717, 1.165) is 25.7 Å². The van der Waals surface area contributed by atoms with Crippen LogP contribution in [-0.4, -0.2) is 108 Å². The van der Waals surface area contributed by atoms with Crippen molar-refractivity contribution in [3.8, 4) is 0 Å². The fourth-order valence-electron chi connectivity index (χ4n) is 7.22. The Bertz CT molecular complexity index is 1630. The zero-order valence-electron chi connectivity index (χ0n) is 34.4. The van der Waals surface area contributed by atoms with Crippen LogP contribution in [0.5, 0.6) is 0 Å². The van der Waals surface area contributed by atoms with Crippen LogP contribution >= 0.6 is 11.6 Å². The van der Waals surface area contributed by atoms with Crippen molar-refractivity contribution in [2.45, 2.75) is 148 Å². The quantitative estimate of drug-likeness (QED) is 0.0897. The molecular weight excluding hydrogens is 772 g/mol. The first-order valence-electron chi connectivity index (χ1n) is 20.3. The molecule has 0 radical (unpaired) electrons. The number of hydrogen-bond acceptors (Lipinski definition) is 10. The summed E-state index contributed by atoms with van der Waals surface area (Å²) >= 11 is 6.14. The van der Waals surface area contributed by atoms with E-state index in [2.05, 4.69) is 21.3 Å². The largest absolute Gasteiger partial charge is 0.458 e. The van der Waals surface area contributed by atoms with Crippen molar-refractivity contribution in [1.29, 1.82) is 0 Å². The molecule has 17 heteroatoms. The van der Waals surface area contributed by atoms with Gasteiger partial charge < -0.3 is 41.4 Å². The van der Waals surface area contributed by atoms with Gasteiger partial charge >= 0.3 is 5.97 Å². The molecule has 58 heavy (non-hydrogen) atoms. The summed E-state index contributed by atoms with van der Waals surface area (Å²) in [6.07, 6.45) is 5.38. The van der Waals surface area contributed by atoms with Crippen LogP contribution < -0.4 is 27.0 Å². The second-order valence-electron chi connectivity index (χ2n) is 16.1. The lowest BCUT2D eigenvalue weighted by molar-refractivity contribution is -0.162. The Morgan fingerprint density at radius 2 is 1.62 bits per heavy atom. The Balaban J connectivity index is 1.82. The van der Waals surface area contributed by atoms with Gasteiger partial charge in [0.05, 0.1) is 25.1 Å². The van der Waals surface area contributed by atoms with Crippen LogP contribution in [0, 0.1) is 5.92 Å². The number of carbonyl (C=O) groups excluding carboxylic acids is 8. The van der Waals surface area contributed by atoms with Crippen molar-refractivity contribution in [1.82, 2.24) is 26.2 Å². The van der Waals surface area contributed by atoms with Gasteiger partial charge in [0, 0.05) is 18.0 Å². The molecule has 1 saturated heterocycles. The van der Waals surface area contributed by atoms with Gasteiger partial charge in [-0.15, -0.1) is 0 Å². The van der Waals surface area contributed by atoms with Gasteiger partial charge in [0.1, 0.15) is 30.3 Å². The Kier molecular flexibility index (Phi) is 19.1. The number of nitrogens with one attached hydrogen (secondary N) is 4. The smallest absolute Gasteiger partial charge is 0.332 e. The molecule has 0 aromatic heterocycles. The minimum atomic E-state index is -1.31. The summed E-state index contributed by atoms with van der Waals surface area (Å²) in [5.74, 6) is -6.08. The maximum absolute atomic E-state index is 14.6. The maximum atomic E-state index is 14.6. The van der Waals surface area contributed by atoms with Gasteiger partial charge in [0.15, 0.2) is 0 Å². The third-order valence-corrected chi connectivity index (χ3v) is 10.3. The maximum Gasteiger partial charge on any atom is 0.332 e. The summed E-state index contributed by atoms with van der Waals surface area (Å²) < 4.78 is 11.2. The second-order valence-corrected chi connectivity index (χ2v) is 16.5. The highest BCUT2D eigenvalue weighted by Crippen LogP contribution is 2.30. The first-order chi connectivity index (χ1) is 27.4. The van der Waals surface area contributed by atoms with E-state index >= 15 is 0 Å². The molecule has 1 aromatic carbocycles. The fraction of sp³-hybridized carbons (Fsp3) is 0.659. The number of amides is 6. The highest BCUT2D eigenvalue weighted by atomic mass is 35.5. The molecule has 16 nitrogen and oxygen atoms in total. The molecule has 6 amide bonds. The number of nitrogens with zero attached hydrogens (tertiary/aromatic N) is 1. The van der Waals surface area contributed by atoms with E-state index < -0.39 is 96.2 Å². The first kappa shape index (κ1) is 47.8. The second kappa shape index (κ2) is 23.1. The average Bonchev–Trinajstić information content (AvgIpc) is 3.60. The molecule has 1 saturated carbocycles. The number of halogens is 1. The minimum Gasteiger partial charge on any atom is -0.458 e. The molecule has 322 valence electrons. The molecule has 2 aliphatic rings. The van der Waals surface area contributed by atoms with Crippen LogP contribution in [0.2, 0.25) is 5.02 Å². The Morgan fingerprint density at radius 1 is 0.914 bits per heavy atom. The number of primary amides is 1. The normalized spacial score (nSPS) is 18.6. The molecular formula is C41H61ClN6O10. The Morgan fingerprint density at radius 3 is 2.24 bits per heavy atom. The number of esters is 1. The summed E-state index contributed by atoms with van der Waals surface area (Å²) in [5, 5.41) is 10.8. The lowest BCUT2D eigenvalue weighted by Crippen LogP contribution is -2.58. The molecule has 0 spiro atoms. The number of hydrogen-bond donors (Lipinski definition) is 5. The number of ketones is 1. The van der Waals surface area contributed by atoms with Gasteiger partial charge in [0.25, 0.3) is 5.91 Å². The van der Waals surface area contributed by atoms with E-state index in [1.807, 2.05) is 6.92 Å². The monoisotopic (exact) mass is 832 g/mol. The van der Waals surface area contributed by atoms with Gasteiger partial charge in [-0.2, -0.15) is 0 Å². The van der Waals surface area contributed by atoms with Gasteiger partial charge in [0.2, 0.25) is 35.3 Å². The number of ether oxygens (including phenoxy) is 2. The highest BCUT2D eigenvalue weighted by molar-refractivity contribution is 6.38. The van der Waals surface area contributed by atoms with Crippen LogP contribution in [0.1, 0.15) is 111 Å². The number of likely N-dealkylation sites (tertiary alicyclic amines) is 1. The van der Waals surface area contributed by atoms with Crippen LogP contribution in [0.15, 0.2) is 24.3 Å². The molecule has 1 aromatic rings. The van der Waals surface area contributed by atoms with Crippen molar-refractivity contribution < 1.29 is 47.8 Å². The molecule has 5 atom stereocenters. The zero-order chi connectivity index (χ0) is 43.0. The van der Waals surface area contributed by atoms with E-state index in [4.69, 9.17) is 26.8 Å². The molecule has 0 bridgehead atoms. The van der Waals surface area contributed by atoms with Crippen LogP contribution in [-0.2, 0) is 54.3 Å². The zero-order valence-corrected chi connectivity index (χ0v) is 35.1. The SMILES string of the molecule is CCCCC(NC(=O)CNC(=O)C(=O)C(CCC)NC(=O)[C@@H]1C[C@@H](OCC(=O)OC(C)(C)C)CN1C(=O)C(NC(=O)Cc1cccc(Cl)c1)C1CCCCC1)C(N)=O. The van der Waals surface area contributed by atoms with Gasteiger partial charge in [-0.05, 0) is 70.1 Å². The van der Waals surface area contributed by atoms with Crippen molar-refractivity contribution in [2.75, 3.05) is 19.7 Å². The third-order valence-electron chi connectivity index (χ3n) is 10.0. The van der Waals surface area contributed by atoms with E-state index in [0.29, 0.717) is 42.7 Å². The third kappa shape index (κ3) is 15.6. The van der Waals surface area contributed by atoms with Crippen molar-refractivity contribution in [3.05, 3.63) is 34.9 Å². The number of nitrogens with two attached hydrogens (primary N) is 1. The number of Topliss-reactive ketones (excluding diaryl/α,β-unsaturated/α-hetero) is 1. The van der Waals surface area contributed by atoms with E-state index in [1.165, 1.54) is 4.90 Å². The van der Waals surface area contributed by atoms with E-state index in [-0.39, 0.29) is 31.7 Å². The van der Waals surface area contributed by atoms with E-state index in [1.54, 1.807) is 52.0 Å². The minimum absolute atomic E-state index is 0.0300. The molecule has 1 heterocycles. The lowest BCUT2D eigenvalue weighted by Gasteiger charge is -2.35. The first-order valence-corrected chi connectivity index (χ1v) is 20.7. The summed E-state index contributed by atoms with van der Waals surface area (Å²) in [5.41, 5.74) is 5.28. The lowest BCUT2D eigenvalue weighted by atomic mass is 9.83. The van der Waals surface area contributed by atoms with Crippen molar-refractivity contribution in [2.24, 2.45) is 11.7 Å². The summed E-state index contributed by atoms with van der Waals surface area (Å²) in [7, 11) is 0. The standard InChI is InChI=1S/C41H61ClN6O10/c1-6-8-18-30(37(43)53)45-33(50)22-44-39(55)36(52)29(13-7-2)46-38(54)31-21-28(57-24-34(51)58-41(3,4)5)23-48(31)40(56)35(26-15-10-9-11-16-26)47-32(49)20-25-14-12-17-27(42)19-25/h12,14,17,19,26,28-31,35H,6-11,13,15-16,18,20-24H2,1-5H3,(H2,43,53)(H,44,55)(H,45,50)(H,46,54)(H,47,49)/t28-,29?,30?,31+,35?/m1/s1. The molecule has 1 aliphatic heterocycles. The van der Waals surface area contributed by atoms with Crippen molar-refractivity contribution >= 4 is 58.8 Å². The number of benzene rings is 1. The molecule has 3 rings (SSSR count). The number of rotatable bonds is 21. The summed E-state index contributed by atoms with van der Waals surface area (Å²) in [6.45, 7) is 7.66. The van der Waals surface area contributed by atoms with Crippen LogP contribution in [0.3, 0.4) is 0 Å². The van der Waals surface area contributed by atoms with E-state index in [9.17, 15) is 38.4 Å². The van der Waals surface area contributed by atoms with Crippen LogP contribution in [0.25, 0.3) is 0 Å².